The van der Waals surface area contributed by atoms with E-state index in [1.165, 1.54) is 184 Å². The molecular formula is C85H134. The molecule has 3 aliphatic carbocycles. The Kier molecular flexibility index (Phi) is 39.1. The third-order valence-electron chi connectivity index (χ3n) is 19.3. The molecule has 0 saturated heterocycles. The monoisotopic (exact) mass is 1160 g/mol. The van der Waals surface area contributed by atoms with Gasteiger partial charge in [-0.3, -0.25) is 0 Å². The Hall–Kier alpha value is -4.34. The van der Waals surface area contributed by atoms with Crippen molar-refractivity contribution in [3.8, 4) is 11.8 Å². The number of rotatable bonds is 16. The van der Waals surface area contributed by atoms with Crippen molar-refractivity contribution in [1.82, 2.24) is 0 Å². The molecular weight excluding hydrogens is 1020 g/mol. The molecule has 85 heavy (non-hydrogen) atoms. The maximum absolute atomic E-state index is 3.05. The highest BCUT2D eigenvalue weighted by Gasteiger charge is 2.38. The van der Waals surface area contributed by atoms with E-state index in [4.69, 9.17) is 0 Å². The summed E-state index contributed by atoms with van der Waals surface area (Å²) in [5.74, 6) is 12.5. The summed E-state index contributed by atoms with van der Waals surface area (Å²) in [5, 5.41) is 0. The van der Waals surface area contributed by atoms with Gasteiger partial charge in [-0.1, -0.05) is 332 Å². The van der Waals surface area contributed by atoms with Gasteiger partial charge in [0.05, 0.1) is 0 Å². The summed E-state index contributed by atoms with van der Waals surface area (Å²) in [6.07, 6.45) is 33.6. The molecule has 3 fully saturated rings. The van der Waals surface area contributed by atoms with Crippen LogP contribution < -0.4 is 0 Å². The summed E-state index contributed by atoms with van der Waals surface area (Å²) in [7, 11) is 0. The first-order valence-electron chi connectivity index (χ1n) is 35.3. The molecule has 3 saturated carbocycles. The number of hydrogen-bond donors (Lipinski definition) is 0. The normalized spacial score (nSPS) is 20.9. The highest BCUT2D eigenvalue weighted by atomic mass is 14.4. The number of unbranched alkanes of at least 4 members (excludes halogenated alkanes) is 5. The zero-order valence-corrected chi connectivity index (χ0v) is 59.5. The van der Waals surface area contributed by atoms with Crippen molar-refractivity contribution >= 4 is 0 Å². The molecule has 474 valence electrons. The van der Waals surface area contributed by atoms with Crippen molar-refractivity contribution in [3.63, 3.8) is 0 Å². The largest absolute Gasteiger partial charge is 0.101 e. The van der Waals surface area contributed by atoms with E-state index in [0.717, 1.165) is 54.4 Å². The van der Waals surface area contributed by atoms with Gasteiger partial charge in [0.2, 0.25) is 0 Å². The molecule has 0 amide bonds. The van der Waals surface area contributed by atoms with Gasteiger partial charge in [-0.25, -0.2) is 0 Å². The fourth-order valence-electron chi connectivity index (χ4n) is 13.5. The lowest BCUT2D eigenvalue weighted by Crippen LogP contribution is -2.34. The molecule has 0 aromatic heterocycles. The van der Waals surface area contributed by atoms with Crippen molar-refractivity contribution in [2.24, 2.45) is 40.4 Å². The number of hydrogen-bond acceptors (Lipinski definition) is 0. The van der Waals surface area contributed by atoms with Gasteiger partial charge in [0.1, 0.15) is 0 Å². The average molecular weight is 1160 g/mol. The molecule has 0 heterocycles. The maximum Gasteiger partial charge on any atom is 0.0274 e. The van der Waals surface area contributed by atoms with Crippen LogP contribution in [0.25, 0.3) is 0 Å². The van der Waals surface area contributed by atoms with Gasteiger partial charge in [0, 0.05) is 5.56 Å². The van der Waals surface area contributed by atoms with Crippen LogP contribution in [0.1, 0.15) is 319 Å². The molecule has 0 bridgehead atoms. The Morgan fingerprint density at radius 3 is 1.28 bits per heavy atom. The molecule has 5 aromatic rings. The Bertz CT molecular complexity index is 2390. The summed E-state index contributed by atoms with van der Waals surface area (Å²) < 4.78 is 0. The van der Waals surface area contributed by atoms with Gasteiger partial charge in [-0.15, -0.1) is 5.92 Å². The van der Waals surface area contributed by atoms with Crippen molar-refractivity contribution in [2.45, 2.75) is 304 Å². The van der Waals surface area contributed by atoms with Gasteiger partial charge in [-0.2, -0.15) is 0 Å². The Balaban J connectivity index is 0.000000342. The fourth-order valence-corrected chi connectivity index (χ4v) is 13.5. The van der Waals surface area contributed by atoms with Crippen LogP contribution in [0.2, 0.25) is 0 Å². The van der Waals surface area contributed by atoms with Crippen LogP contribution >= 0.6 is 0 Å². The Morgan fingerprint density at radius 1 is 0.482 bits per heavy atom. The van der Waals surface area contributed by atoms with Crippen LogP contribution in [0, 0.1) is 80.0 Å². The Labute approximate surface area is 530 Å². The first kappa shape index (κ1) is 76.8. The van der Waals surface area contributed by atoms with E-state index in [0.29, 0.717) is 22.7 Å². The van der Waals surface area contributed by atoms with E-state index in [1.54, 1.807) is 6.42 Å². The first-order valence-corrected chi connectivity index (χ1v) is 35.3. The molecule has 0 radical (unpaired) electrons. The van der Waals surface area contributed by atoms with Gasteiger partial charge < -0.3 is 0 Å². The third kappa shape index (κ3) is 33.0. The van der Waals surface area contributed by atoms with E-state index in [1.807, 2.05) is 6.92 Å². The highest BCUT2D eigenvalue weighted by molar-refractivity contribution is 5.42. The molecule has 0 heteroatoms. The average Bonchev–Trinajstić information content (AvgIpc) is 3.29. The van der Waals surface area contributed by atoms with Crippen molar-refractivity contribution in [3.05, 3.63) is 176 Å². The second kappa shape index (κ2) is 43.3. The van der Waals surface area contributed by atoms with E-state index in [9.17, 15) is 0 Å². The van der Waals surface area contributed by atoms with Crippen LogP contribution in [0.15, 0.2) is 115 Å². The van der Waals surface area contributed by atoms with Crippen molar-refractivity contribution < 1.29 is 0 Å². The fraction of sp³-hybridized carbons (Fsp3) is 0.624. The molecule has 0 aliphatic heterocycles. The smallest absolute Gasteiger partial charge is 0.0274 e. The van der Waals surface area contributed by atoms with Crippen LogP contribution in [-0.4, -0.2) is 0 Å². The third-order valence-corrected chi connectivity index (χ3v) is 19.3. The molecule has 5 aromatic carbocycles. The predicted molar refractivity (Wildman–Crippen MR) is 384 cm³/mol. The molecule has 4 atom stereocenters. The Morgan fingerprint density at radius 2 is 0.918 bits per heavy atom. The summed E-state index contributed by atoms with van der Waals surface area (Å²) in [5.41, 5.74) is 16.3. The van der Waals surface area contributed by atoms with Gasteiger partial charge in [0.25, 0.3) is 0 Å². The molecule has 0 spiro atoms. The quantitative estimate of drug-likeness (QED) is 0.0682. The second-order valence-corrected chi connectivity index (χ2v) is 28.5. The lowest BCUT2D eigenvalue weighted by atomic mass is 9.60. The second-order valence-electron chi connectivity index (χ2n) is 28.5. The molecule has 3 aliphatic rings. The minimum Gasteiger partial charge on any atom is -0.101 e. The summed E-state index contributed by atoms with van der Waals surface area (Å²) in [6.45, 7) is 45.2. The minimum absolute atomic E-state index is 0.586. The molecule has 8 rings (SSSR count). The highest BCUT2D eigenvalue weighted by Crippen LogP contribution is 2.50. The topological polar surface area (TPSA) is 0 Å². The number of aryl methyl sites for hydroxylation is 6. The van der Waals surface area contributed by atoms with Crippen LogP contribution in [0.3, 0.4) is 0 Å². The van der Waals surface area contributed by atoms with Gasteiger partial charge in [0.15, 0.2) is 0 Å². The summed E-state index contributed by atoms with van der Waals surface area (Å²) in [4.78, 5) is 0. The predicted octanol–water partition coefficient (Wildman–Crippen LogP) is 26.7. The molecule has 0 N–H and O–H groups in total. The van der Waals surface area contributed by atoms with E-state index < -0.39 is 0 Å². The van der Waals surface area contributed by atoms with Crippen LogP contribution in [0.4, 0.5) is 0 Å². The van der Waals surface area contributed by atoms with Crippen molar-refractivity contribution in [1.29, 1.82) is 0 Å². The SMILES string of the molecule is CC#Cc1ccc(C)cc1C.CC1CCC(CC2CCC(C)CC2)CC1.CCC(C)c1cccc(C(C)CC)c1.CCC1(C)CC(C)CC(C)(C)C1.CCCCCCCC.CCc1ccccc1CC.Cc1ccc(Cc2ccc(C)cc2)cc1. The zero-order chi connectivity index (χ0) is 63.2. The van der Waals surface area contributed by atoms with E-state index >= 15 is 0 Å². The minimum atomic E-state index is 0.586. The maximum atomic E-state index is 3.05. The number of benzene rings is 5. The van der Waals surface area contributed by atoms with Gasteiger partial charge in [-0.05, 0) is 190 Å². The molecule has 0 nitrogen and oxygen atoms in total. The standard InChI is InChI=1S/C15H28.C15H16.C14H22.C12H24.C11H12.C10H14.C8H18/c2*1-12-3-7-14(8-4-12)11-15-9-5-13(2)6-10-15;1-5-11(3)13-8-7-9-14(10-13)12(4)6-2;1-6-12(5)8-10(2)7-11(3,4)9-12;1-4-5-11-7-6-9(2)8-10(11)3;1-3-9-7-5-6-8-10(9)4-2;1-3-5-7-8-6-4-2/h12-15H,3-11H2,1-2H3;3-10H,11H2,1-2H3;7-12H,5-6H2,1-4H3;10H,6-9H2,1-5H3;6-8H,1-3H3;5-8H,3-4H2,1-2H3;3-8H2,1-2H3. The summed E-state index contributed by atoms with van der Waals surface area (Å²) >= 11 is 0. The van der Waals surface area contributed by atoms with E-state index in [-0.39, 0.29) is 0 Å². The zero-order valence-electron chi connectivity index (χ0n) is 59.5. The van der Waals surface area contributed by atoms with Crippen molar-refractivity contribution in [2.75, 3.05) is 0 Å². The van der Waals surface area contributed by atoms with E-state index in [2.05, 4.69) is 259 Å². The van der Waals surface area contributed by atoms with Gasteiger partial charge >= 0.3 is 0 Å². The lowest BCUT2D eigenvalue weighted by molar-refractivity contribution is 0.0581. The van der Waals surface area contributed by atoms with Crippen LogP contribution in [0.5, 0.6) is 0 Å². The first-order chi connectivity index (χ1) is 40.6. The van der Waals surface area contributed by atoms with Crippen LogP contribution in [-0.2, 0) is 19.3 Å². The summed E-state index contributed by atoms with van der Waals surface area (Å²) in [6, 6.07) is 41.5. The lowest BCUT2D eigenvalue weighted by Gasteiger charge is -2.45. The molecule has 4 unspecified atom stereocenters.